The number of oxime groups is 1. The first kappa shape index (κ1) is 34.6. The molecule has 3 heterocycles. The SMILES string of the molecule is CC(C)(C)OC(=O)c1ccc(NC(=O)[C@@H]2c3cccc(C4=CCN(C(=O)O)CC4)c3CCN2C(=O)[C@H]2CC(c3cccc(Cl)c3F)=NO2)cc1. The fourth-order valence-corrected chi connectivity index (χ4v) is 6.57. The van der Waals surface area contributed by atoms with Crippen molar-refractivity contribution in [2.24, 2.45) is 5.16 Å². The Morgan fingerprint density at radius 1 is 1.00 bits per heavy atom. The van der Waals surface area contributed by atoms with Gasteiger partial charge in [-0.15, -0.1) is 0 Å². The number of nitrogens with zero attached hydrogens (tertiary/aromatic N) is 3. The van der Waals surface area contributed by atoms with Crippen molar-refractivity contribution in [2.45, 2.75) is 57.8 Å². The zero-order valence-corrected chi connectivity index (χ0v) is 28.5. The maximum Gasteiger partial charge on any atom is 0.407 e. The van der Waals surface area contributed by atoms with Gasteiger partial charge in [-0.2, -0.15) is 0 Å². The number of ether oxygens (including phenoxy) is 1. The molecule has 3 aliphatic heterocycles. The minimum absolute atomic E-state index is 0.0209. The van der Waals surface area contributed by atoms with Crippen molar-refractivity contribution in [1.29, 1.82) is 0 Å². The van der Waals surface area contributed by atoms with Crippen LogP contribution in [-0.2, 0) is 25.6 Å². The molecular formula is C37H36ClFN4O7. The summed E-state index contributed by atoms with van der Waals surface area (Å²) in [7, 11) is 0. The number of anilines is 1. The summed E-state index contributed by atoms with van der Waals surface area (Å²) in [5, 5.41) is 16.2. The summed E-state index contributed by atoms with van der Waals surface area (Å²) in [6.45, 7) is 6.08. The average Bonchev–Trinajstić information content (AvgIpc) is 3.58. The smallest absolute Gasteiger partial charge is 0.407 e. The maximum absolute atomic E-state index is 14.8. The molecule has 0 saturated heterocycles. The molecule has 260 valence electrons. The Bertz CT molecular complexity index is 1920. The number of esters is 1. The normalized spacial score (nSPS) is 18.7. The highest BCUT2D eigenvalue weighted by atomic mass is 35.5. The van der Waals surface area contributed by atoms with Gasteiger partial charge in [0.25, 0.3) is 11.8 Å². The standard InChI is InChI=1S/C37H36ClFN4O7/c1-37(2,3)49-35(46)22-10-12-23(13-11-22)40-33(44)32-26-7-4-6-24(21-14-17-42(18-15-21)36(47)48)25(26)16-19-43(32)34(45)30-20-29(41-50-30)27-8-5-9-28(38)31(27)39/h4-14,30,32H,15-20H2,1-3H3,(H,40,44)(H,47,48)/t30-,32+/m1/s1. The molecule has 2 N–H and O–H groups in total. The van der Waals surface area contributed by atoms with Gasteiger partial charge in [0.05, 0.1) is 16.3 Å². The lowest BCUT2D eigenvalue weighted by Gasteiger charge is -2.38. The zero-order valence-electron chi connectivity index (χ0n) is 27.7. The lowest BCUT2D eigenvalue weighted by molar-refractivity contribution is -0.148. The highest BCUT2D eigenvalue weighted by Crippen LogP contribution is 2.38. The highest BCUT2D eigenvalue weighted by molar-refractivity contribution is 6.31. The molecular weight excluding hydrogens is 667 g/mol. The molecule has 3 amide bonds. The van der Waals surface area contributed by atoms with Crippen LogP contribution in [0.15, 0.2) is 71.9 Å². The van der Waals surface area contributed by atoms with Crippen LogP contribution in [0.25, 0.3) is 5.57 Å². The number of fused-ring (bicyclic) bond motifs is 1. The third-order valence-corrected chi connectivity index (χ3v) is 9.06. The first-order valence-corrected chi connectivity index (χ1v) is 16.6. The van der Waals surface area contributed by atoms with Gasteiger partial charge in [0, 0.05) is 37.3 Å². The highest BCUT2D eigenvalue weighted by Gasteiger charge is 2.42. The van der Waals surface area contributed by atoms with Crippen LogP contribution in [0, 0.1) is 5.82 Å². The fourth-order valence-electron chi connectivity index (χ4n) is 6.40. The summed E-state index contributed by atoms with van der Waals surface area (Å²) < 4.78 is 20.2. The summed E-state index contributed by atoms with van der Waals surface area (Å²) in [6, 6.07) is 15.3. The number of rotatable bonds is 6. The monoisotopic (exact) mass is 702 g/mol. The van der Waals surface area contributed by atoms with Crippen LogP contribution < -0.4 is 5.32 Å². The van der Waals surface area contributed by atoms with Gasteiger partial charge >= 0.3 is 12.1 Å². The Labute approximate surface area is 293 Å². The quantitative estimate of drug-likeness (QED) is 0.281. The molecule has 11 nitrogen and oxygen atoms in total. The van der Waals surface area contributed by atoms with Crippen molar-refractivity contribution in [3.05, 3.63) is 105 Å². The van der Waals surface area contributed by atoms with E-state index in [4.69, 9.17) is 21.2 Å². The summed E-state index contributed by atoms with van der Waals surface area (Å²) >= 11 is 5.97. The molecule has 0 radical (unpaired) electrons. The molecule has 3 aliphatic rings. The Hall–Kier alpha value is -5.23. The van der Waals surface area contributed by atoms with Gasteiger partial charge in [-0.1, -0.05) is 47.1 Å². The molecule has 0 saturated carbocycles. The van der Waals surface area contributed by atoms with E-state index >= 15 is 0 Å². The molecule has 3 aromatic rings. The van der Waals surface area contributed by atoms with E-state index in [0.29, 0.717) is 36.2 Å². The predicted octanol–water partition coefficient (Wildman–Crippen LogP) is 6.46. The van der Waals surface area contributed by atoms with Gasteiger partial charge in [0.15, 0.2) is 5.82 Å². The molecule has 0 bridgehead atoms. The number of carboxylic acid groups (broad SMARTS) is 1. The third kappa shape index (κ3) is 7.20. The first-order valence-electron chi connectivity index (χ1n) is 16.2. The Balaban J connectivity index is 1.29. The van der Waals surface area contributed by atoms with Crippen molar-refractivity contribution in [3.8, 4) is 0 Å². The lowest BCUT2D eigenvalue weighted by atomic mass is 9.84. The number of hydrogen-bond acceptors (Lipinski definition) is 7. The molecule has 0 unspecified atom stereocenters. The van der Waals surface area contributed by atoms with E-state index in [1.807, 2.05) is 18.2 Å². The topological polar surface area (TPSA) is 138 Å². The first-order chi connectivity index (χ1) is 23.8. The maximum atomic E-state index is 14.8. The van der Waals surface area contributed by atoms with Crippen LogP contribution in [0.2, 0.25) is 5.02 Å². The van der Waals surface area contributed by atoms with Gasteiger partial charge in [0.1, 0.15) is 11.6 Å². The summed E-state index contributed by atoms with van der Waals surface area (Å²) in [5.74, 6) is -2.14. The van der Waals surface area contributed by atoms with Crippen LogP contribution >= 0.6 is 11.6 Å². The molecule has 50 heavy (non-hydrogen) atoms. The number of carbonyl (C=O) groups is 4. The van der Waals surface area contributed by atoms with Crippen LogP contribution in [0.1, 0.15) is 72.3 Å². The molecule has 0 fully saturated rings. The number of hydrogen-bond donors (Lipinski definition) is 2. The van der Waals surface area contributed by atoms with Crippen LogP contribution in [0.4, 0.5) is 14.9 Å². The predicted molar refractivity (Wildman–Crippen MR) is 184 cm³/mol. The van der Waals surface area contributed by atoms with Crippen molar-refractivity contribution in [1.82, 2.24) is 9.80 Å². The van der Waals surface area contributed by atoms with Crippen LogP contribution in [0.3, 0.4) is 0 Å². The van der Waals surface area contributed by atoms with E-state index in [1.165, 1.54) is 21.9 Å². The van der Waals surface area contributed by atoms with E-state index in [2.05, 4.69) is 10.5 Å². The molecule has 0 aliphatic carbocycles. The van der Waals surface area contributed by atoms with Crippen molar-refractivity contribution >= 4 is 52.5 Å². The second-order valence-electron chi connectivity index (χ2n) is 13.3. The number of halogens is 2. The molecule has 0 aromatic heterocycles. The van der Waals surface area contributed by atoms with Gasteiger partial charge in [-0.25, -0.2) is 14.0 Å². The Morgan fingerprint density at radius 2 is 1.72 bits per heavy atom. The third-order valence-electron chi connectivity index (χ3n) is 8.77. The number of amides is 3. The van der Waals surface area contributed by atoms with Crippen LogP contribution in [-0.4, -0.2) is 75.8 Å². The number of carbonyl (C=O) groups excluding carboxylic acids is 3. The summed E-state index contributed by atoms with van der Waals surface area (Å²) in [4.78, 5) is 60.7. The van der Waals surface area contributed by atoms with Crippen molar-refractivity contribution in [3.63, 3.8) is 0 Å². The van der Waals surface area contributed by atoms with Crippen molar-refractivity contribution < 1.29 is 38.2 Å². The van der Waals surface area contributed by atoms with E-state index < -0.39 is 47.4 Å². The van der Waals surface area contributed by atoms with E-state index in [-0.39, 0.29) is 35.8 Å². The largest absolute Gasteiger partial charge is 0.465 e. The number of benzene rings is 3. The minimum atomic E-state index is -1.10. The van der Waals surface area contributed by atoms with Gasteiger partial charge in [-0.3, -0.25) is 9.59 Å². The van der Waals surface area contributed by atoms with E-state index in [0.717, 1.165) is 16.7 Å². The molecule has 3 aromatic carbocycles. The second-order valence-corrected chi connectivity index (χ2v) is 13.7. The zero-order chi connectivity index (χ0) is 35.7. The van der Waals surface area contributed by atoms with Gasteiger partial charge in [0.2, 0.25) is 6.10 Å². The van der Waals surface area contributed by atoms with E-state index in [1.54, 1.807) is 57.2 Å². The Kier molecular flexibility index (Phi) is 9.66. The van der Waals surface area contributed by atoms with Gasteiger partial charge in [-0.05, 0) is 92.3 Å². The van der Waals surface area contributed by atoms with Crippen LogP contribution in [0.5, 0.6) is 0 Å². The molecule has 13 heteroatoms. The van der Waals surface area contributed by atoms with Gasteiger partial charge < -0.3 is 29.8 Å². The number of nitrogens with one attached hydrogen (secondary N) is 1. The molecule has 6 rings (SSSR count). The minimum Gasteiger partial charge on any atom is -0.465 e. The second kappa shape index (κ2) is 13.9. The van der Waals surface area contributed by atoms with E-state index in [9.17, 15) is 28.7 Å². The lowest BCUT2D eigenvalue weighted by Crippen LogP contribution is -2.49. The average molecular weight is 703 g/mol. The molecule has 0 spiro atoms. The summed E-state index contributed by atoms with van der Waals surface area (Å²) in [6.07, 6.45) is 0.704. The fraction of sp³-hybridized carbons (Fsp3) is 0.324. The molecule has 2 atom stereocenters. The Morgan fingerprint density at radius 3 is 2.40 bits per heavy atom. The summed E-state index contributed by atoms with van der Waals surface area (Å²) in [5.41, 5.74) is 3.78. The van der Waals surface area contributed by atoms with Crippen molar-refractivity contribution in [2.75, 3.05) is 25.0 Å².